The molecule has 0 amide bonds. The van der Waals surface area contributed by atoms with E-state index in [9.17, 15) is 0 Å². The summed E-state index contributed by atoms with van der Waals surface area (Å²) in [6, 6.07) is 1.83. The highest BCUT2D eigenvalue weighted by atomic mass is 15.2. The van der Waals surface area contributed by atoms with E-state index >= 15 is 0 Å². The SMILES string of the molecule is CCC1C[C@@H]2CN(C(C)C)[C@H]1[C@@H]2N. The van der Waals surface area contributed by atoms with E-state index in [2.05, 4.69) is 25.7 Å². The van der Waals surface area contributed by atoms with E-state index in [1.807, 2.05) is 0 Å². The maximum Gasteiger partial charge on any atom is 0.0281 e. The summed E-state index contributed by atoms with van der Waals surface area (Å²) in [7, 11) is 0. The van der Waals surface area contributed by atoms with Gasteiger partial charge in [-0.3, -0.25) is 4.90 Å². The fourth-order valence-electron chi connectivity index (χ4n) is 3.32. The van der Waals surface area contributed by atoms with Gasteiger partial charge in [-0.2, -0.15) is 0 Å². The Morgan fingerprint density at radius 1 is 1.46 bits per heavy atom. The minimum Gasteiger partial charge on any atom is -0.326 e. The van der Waals surface area contributed by atoms with Crippen LogP contribution in [0.3, 0.4) is 0 Å². The quantitative estimate of drug-likeness (QED) is 0.700. The van der Waals surface area contributed by atoms with Crippen molar-refractivity contribution < 1.29 is 0 Å². The molecule has 13 heavy (non-hydrogen) atoms. The van der Waals surface area contributed by atoms with Crippen LogP contribution in [0, 0.1) is 11.8 Å². The topological polar surface area (TPSA) is 29.3 Å². The van der Waals surface area contributed by atoms with Gasteiger partial charge in [0.15, 0.2) is 0 Å². The van der Waals surface area contributed by atoms with Crippen LogP contribution in [-0.4, -0.2) is 29.6 Å². The lowest BCUT2D eigenvalue weighted by atomic mass is 9.95. The summed E-state index contributed by atoms with van der Waals surface area (Å²) in [4.78, 5) is 2.62. The molecule has 0 radical (unpaired) electrons. The highest BCUT2D eigenvalue weighted by Crippen LogP contribution is 2.43. The van der Waals surface area contributed by atoms with Crippen molar-refractivity contribution in [3.05, 3.63) is 0 Å². The maximum absolute atomic E-state index is 6.24. The molecule has 2 bridgehead atoms. The Hall–Kier alpha value is -0.0800. The van der Waals surface area contributed by atoms with Crippen molar-refractivity contribution >= 4 is 0 Å². The summed E-state index contributed by atoms with van der Waals surface area (Å²) < 4.78 is 0. The second-order valence-electron chi connectivity index (χ2n) is 5.02. The van der Waals surface area contributed by atoms with E-state index in [1.165, 1.54) is 19.4 Å². The maximum atomic E-state index is 6.24. The molecule has 2 rings (SSSR count). The van der Waals surface area contributed by atoms with Gasteiger partial charge in [0, 0.05) is 24.7 Å². The molecule has 1 aliphatic heterocycles. The van der Waals surface area contributed by atoms with Crippen LogP contribution in [-0.2, 0) is 0 Å². The van der Waals surface area contributed by atoms with Crippen LogP contribution in [0.1, 0.15) is 33.6 Å². The van der Waals surface area contributed by atoms with Crippen LogP contribution in [0.2, 0.25) is 0 Å². The first-order chi connectivity index (χ1) is 6.15. The Kier molecular flexibility index (Phi) is 2.37. The molecule has 1 heterocycles. The van der Waals surface area contributed by atoms with Crippen LogP contribution in [0.25, 0.3) is 0 Å². The zero-order valence-electron chi connectivity index (χ0n) is 9.03. The van der Waals surface area contributed by atoms with Crippen molar-refractivity contribution in [1.82, 2.24) is 4.90 Å². The molecular formula is C11H22N2. The number of likely N-dealkylation sites (tertiary alicyclic amines) is 1. The summed E-state index contributed by atoms with van der Waals surface area (Å²) in [5.74, 6) is 1.66. The van der Waals surface area contributed by atoms with Crippen LogP contribution in [0.4, 0.5) is 0 Å². The highest BCUT2D eigenvalue weighted by molar-refractivity contribution is 5.06. The molecule has 2 nitrogen and oxygen atoms in total. The Morgan fingerprint density at radius 3 is 2.62 bits per heavy atom. The predicted molar refractivity (Wildman–Crippen MR) is 55.5 cm³/mol. The van der Waals surface area contributed by atoms with Gasteiger partial charge >= 0.3 is 0 Å². The molecule has 4 atom stereocenters. The molecule has 0 spiro atoms. The number of fused-ring (bicyclic) bond motifs is 2. The van der Waals surface area contributed by atoms with Gasteiger partial charge in [-0.15, -0.1) is 0 Å². The minimum atomic E-state index is 0.465. The lowest BCUT2D eigenvalue weighted by Gasteiger charge is -2.35. The molecule has 76 valence electrons. The first-order valence-electron chi connectivity index (χ1n) is 5.66. The van der Waals surface area contributed by atoms with Crippen LogP contribution in [0.5, 0.6) is 0 Å². The highest BCUT2D eigenvalue weighted by Gasteiger charge is 2.50. The molecule has 2 fully saturated rings. The van der Waals surface area contributed by atoms with Crippen LogP contribution >= 0.6 is 0 Å². The van der Waals surface area contributed by atoms with E-state index < -0.39 is 0 Å². The molecular weight excluding hydrogens is 160 g/mol. The summed E-state index contributed by atoms with van der Waals surface area (Å²) in [6.07, 6.45) is 2.68. The van der Waals surface area contributed by atoms with Gasteiger partial charge in [-0.1, -0.05) is 13.3 Å². The number of hydrogen-bond donors (Lipinski definition) is 1. The van der Waals surface area contributed by atoms with Gasteiger partial charge in [0.2, 0.25) is 0 Å². The second kappa shape index (κ2) is 3.25. The lowest BCUT2D eigenvalue weighted by molar-refractivity contribution is 0.119. The molecule has 2 aliphatic rings. The predicted octanol–water partition coefficient (Wildman–Crippen LogP) is 1.45. The third kappa shape index (κ3) is 1.31. The molecule has 0 aromatic heterocycles. The van der Waals surface area contributed by atoms with Crippen molar-refractivity contribution in [3.63, 3.8) is 0 Å². The summed E-state index contributed by atoms with van der Waals surface area (Å²) >= 11 is 0. The third-order valence-electron chi connectivity index (χ3n) is 4.04. The summed E-state index contributed by atoms with van der Waals surface area (Å²) in [5.41, 5.74) is 6.24. The van der Waals surface area contributed by atoms with Crippen molar-refractivity contribution in [2.24, 2.45) is 17.6 Å². The van der Waals surface area contributed by atoms with E-state index in [0.29, 0.717) is 18.1 Å². The molecule has 1 aliphatic carbocycles. The molecule has 1 saturated carbocycles. The first-order valence-corrected chi connectivity index (χ1v) is 5.66. The Labute approximate surface area is 81.5 Å². The van der Waals surface area contributed by atoms with Crippen molar-refractivity contribution in [3.8, 4) is 0 Å². The van der Waals surface area contributed by atoms with Gasteiger partial charge in [0.05, 0.1) is 0 Å². The number of rotatable bonds is 2. The normalized spacial score (nSPS) is 45.0. The van der Waals surface area contributed by atoms with Crippen LogP contribution < -0.4 is 5.73 Å². The van der Waals surface area contributed by atoms with Gasteiger partial charge in [-0.25, -0.2) is 0 Å². The van der Waals surface area contributed by atoms with E-state index in [-0.39, 0.29) is 0 Å². The molecule has 2 heteroatoms. The number of hydrogen-bond acceptors (Lipinski definition) is 2. The van der Waals surface area contributed by atoms with Gasteiger partial charge in [-0.05, 0) is 32.1 Å². The van der Waals surface area contributed by atoms with E-state index in [4.69, 9.17) is 5.73 Å². The Balaban J connectivity index is 2.13. The van der Waals surface area contributed by atoms with E-state index in [1.54, 1.807) is 0 Å². The van der Waals surface area contributed by atoms with Gasteiger partial charge < -0.3 is 5.73 Å². The average molecular weight is 182 g/mol. The standard InChI is InChI=1S/C11H22N2/c1-4-8-5-9-6-13(7(2)3)11(8)10(9)12/h7-11H,4-6,12H2,1-3H3/t8?,9-,10-,11-/m1/s1. The minimum absolute atomic E-state index is 0.465. The first kappa shape index (κ1) is 9.47. The molecule has 0 aromatic rings. The second-order valence-corrected chi connectivity index (χ2v) is 5.02. The van der Waals surface area contributed by atoms with Crippen molar-refractivity contribution in [2.45, 2.75) is 51.7 Å². The largest absolute Gasteiger partial charge is 0.326 e. The smallest absolute Gasteiger partial charge is 0.0281 e. The van der Waals surface area contributed by atoms with Gasteiger partial charge in [0.1, 0.15) is 0 Å². The molecule has 1 saturated heterocycles. The molecule has 2 N–H and O–H groups in total. The Bertz CT molecular complexity index is 191. The number of nitrogens with two attached hydrogens (primary N) is 1. The average Bonchev–Trinajstić information content (AvgIpc) is 2.58. The molecule has 1 unspecified atom stereocenters. The number of nitrogens with zero attached hydrogens (tertiary/aromatic N) is 1. The lowest BCUT2D eigenvalue weighted by Crippen LogP contribution is -2.45. The fraction of sp³-hybridized carbons (Fsp3) is 1.00. The van der Waals surface area contributed by atoms with Crippen molar-refractivity contribution in [2.75, 3.05) is 6.54 Å². The number of piperidine rings is 1. The van der Waals surface area contributed by atoms with Crippen LogP contribution in [0.15, 0.2) is 0 Å². The third-order valence-corrected chi connectivity index (χ3v) is 4.04. The fourth-order valence-corrected chi connectivity index (χ4v) is 3.32. The molecule has 0 aromatic carbocycles. The van der Waals surface area contributed by atoms with E-state index in [0.717, 1.165) is 11.8 Å². The van der Waals surface area contributed by atoms with Crippen molar-refractivity contribution in [1.29, 1.82) is 0 Å². The summed E-state index contributed by atoms with van der Waals surface area (Å²) in [5, 5.41) is 0. The summed E-state index contributed by atoms with van der Waals surface area (Å²) in [6.45, 7) is 8.14. The monoisotopic (exact) mass is 182 g/mol. The zero-order chi connectivity index (χ0) is 9.59. The Morgan fingerprint density at radius 2 is 2.15 bits per heavy atom. The zero-order valence-corrected chi connectivity index (χ0v) is 9.03. The van der Waals surface area contributed by atoms with Gasteiger partial charge in [0.25, 0.3) is 0 Å².